The first-order valence-corrected chi connectivity index (χ1v) is 14.8. The van der Waals surface area contributed by atoms with Crippen molar-refractivity contribution in [3.8, 4) is 5.75 Å². The summed E-state index contributed by atoms with van der Waals surface area (Å²) >= 11 is 13.6. The molecule has 0 spiro atoms. The molecule has 1 saturated carbocycles. The van der Waals surface area contributed by atoms with Gasteiger partial charge >= 0.3 is 0 Å². The molecule has 3 aliphatic rings. The number of aliphatic hydroxyl groups is 4. The summed E-state index contributed by atoms with van der Waals surface area (Å²) in [6.45, 7) is 0. The lowest BCUT2D eigenvalue weighted by molar-refractivity contribution is -0.169. The maximum absolute atomic E-state index is 14.2. The number of aromatic hydroxyl groups is 1. The van der Waals surface area contributed by atoms with Crippen LogP contribution >= 0.6 is 35.0 Å². The molecule has 5 rings (SSSR count). The maximum Gasteiger partial charge on any atom is 0.255 e. The molecule has 7 N–H and O–H groups in total. The number of phenols is 1. The molecule has 10 nitrogen and oxygen atoms in total. The summed E-state index contributed by atoms with van der Waals surface area (Å²) in [5.74, 6) is -8.57. The average molecular weight is 636 g/mol. The van der Waals surface area contributed by atoms with Crippen LogP contribution in [-0.4, -0.2) is 85.5 Å². The lowest BCUT2D eigenvalue weighted by Crippen LogP contribution is -2.70. The summed E-state index contributed by atoms with van der Waals surface area (Å²) in [5, 5.41) is 57.7. The Bertz CT molecular complexity index is 1590. The number of halogens is 2. The number of thioether (sulfide) groups is 1. The molecule has 42 heavy (non-hydrogen) atoms. The minimum absolute atomic E-state index is 0.0545. The monoisotopic (exact) mass is 634 g/mol. The van der Waals surface area contributed by atoms with Gasteiger partial charge in [-0.05, 0) is 43.4 Å². The fourth-order valence-corrected chi connectivity index (χ4v) is 8.02. The third kappa shape index (κ3) is 4.42. The molecule has 2 aromatic carbocycles. The smallest absolute Gasteiger partial charge is 0.255 e. The van der Waals surface area contributed by atoms with Crippen LogP contribution in [0.4, 0.5) is 0 Å². The Labute approximate surface area is 255 Å². The number of nitrogens with two attached hydrogens (primary N) is 1. The van der Waals surface area contributed by atoms with Crippen LogP contribution in [0, 0.1) is 11.8 Å². The number of hydrogen-bond donors (Lipinski definition) is 6. The van der Waals surface area contributed by atoms with Crippen molar-refractivity contribution in [3.05, 3.63) is 80.0 Å². The Balaban J connectivity index is 1.66. The van der Waals surface area contributed by atoms with E-state index in [1.54, 1.807) is 30.3 Å². The number of Topliss-reactive ketones (excluding diaryl/α,β-unsaturated/α-hetero) is 2. The third-order valence-electron chi connectivity index (χ3n) is 8.35. The zero-order valence-corrected chi connectivity index (χ0v) is 24.7. The molecule has 1 fully saturated rings. The summed E-state index contributed by atoms with van der Waals surface area (Å²) in [4.78, 5) is 41.1. The molecule has 0 aromatic heterocycles. The van der Waals surface area contributed by atoms with Crippen LogP contribution in [0.25, 0.3) is 5.76 Å². The average Bonchev–Trinajstić information content (AvgIpc) is 2.91. The molecule has 0 bridgehead atoms. The van der Waals surface area contributed by atoms with Crippen molar-refractivity contribution in [3.63, 3.8) is 0 Å². The molecular weight excluding hydrogens is 607 g/mol. The van der Waals surface area contributed by atoms with Gasteiger partial charge in [0.2, 0.25) is 5.78 Å². The summed E-state index contributed by atoms with van der Waals surface area (Å²) in [6, 6.07) is 8.30. The number of benzene rings is 2. The van der Waals surface area contributed by atoms with Gasteiger partial charge in [-0.15, -0.1) is 0 Å². The maximum atomic E-state index is 14.2. The first-order valence-electron chi connectivity index (χ1n) is 12.9. The second-order valence-electron chi connectivity index (χ2n) is 10.9. The largest absolute Gasteiger partial charge is 0.508 e. The molecule has 0 radical (unpaired) electrons. The molecule has 13 heteroatoms. The Morgan fingerprint density at radius 1 is 1.10 bits per heavy atom. The van der Waals surface area contributed by atoms with Gasteiger partial charge < -0.3 is 31.3 Å². The van der Waals surface area contributed by atoms with Gasteiger partial charge in [0.25, 0.3) is 5.91 Å². The topological polar surface area (TPSA) is 182 Å². The molecule has 0 aliphatic heterocycles. The van der Waals surface area contributed by atoms with Crippen LogP contribution in [0.3, 0.4) is 0 Å². The van der Waals surface area contributed by atoms with E-state index in [1.807, 2.05) is 0 Å². The highest BCUT2D eigenvalue weighted by Crippen LogP contribution is 2.56. The summed E-state index contributed by atoms with van der Waals surface area (Å²) in [6.07, 6.45) is -1.68. The molecule has 3 unspecified atom stereocenters. The third-order valence-corrected chi connectivity index (χ3v) is 10.2. The molecule has 222 valence electrons. The summed E-state index contributed by atoms with van der Waals surface area (Å²) in [5.41, 5.74) is 2.25. The minimum Gasteiger partial charge on any atom is -0.508 e. The van der Waals surface area contributed by atoms with Gasteiger partial charge in [-0.25, -0.2) is 0 Å². The van der Waals surface area contributed by atoms with Crippen LogP contribution in [-0.2, 0) is 20.1 Å². The molecular formula is C29H28Cl2N2O8S. The first kappa shape index (κ1) is 30.4. The summed E-state index contributed by atoms with van der Waals surface area (Å²) < 4.78 is 0. The summed E-state index contributed by atoms with van der Waals surface area (Å²) in [7, 11) is 2.92. The van der Waals surface area contributed by atoms with Crippen molar-refractivity contribution < 1.29 is 39.9 Å². The second-order valence-corrected chi connectivity index (χ2v) is 12.7. The molecule has 0 saturated heterocycles. The van der Waals surface area contributed by atoms with Crippen LogP contribution in [0.15, 0.2) is 53.3 Å². The van der Waals surface area contributed by atoms with Gasteiger partial charge in [-0.3, -0.25) is 19.3 Å². The van der Waals surface area contributed by atoms with E-state index in [1.165, 1.54) is 36.8 Å². The highest BCUT2D eigenvalue weighted by Gasteiger charge is 2.68. The minimum atomic E-state index is -2.97. The number of aliphatic hydroxyl groups excluding tert-OH is 3. The molecule has 1 amide bonds. The van der Waals surface area contributed by atoms with Crippen LogP contribution < -0.4 is 5.73 Å². The number of hydrogen-bond acceptors (Lipinski definition) is 10. The normalized spacial score (nSPS) is 29.0. The number of ketones is 2. The molecule has 3 aliphatic carbocycles. The molecule has 0 heterocycles. The zero-order valence-electron chi connectivity index (χ0n) is 22.4. The highest BCUT2D eigenvalue weighted by atomic mass is 35.5. The highest BCUT2D eigenvalue weighted by molar-refractivity contribution is 7.98. The fraction of sp³-hybridized carbons (Fsp3) is 0.345. The number of primary amides is 1. The van der Waals surface area contributed by atoms with E-state index in [4.69, 9.17) is 28.9 Å². The number of carbonyl (C=O) groups is 3. The standard InChI is InChI=1S/C29H28Cl2N2O8S/c1-33(2)22-21-24(36)18-13(10-42-9-11-6-7-14(30)15(31)8-11)12-4-3-5-16(34)17(12)23(35)19(18)26(38)29(21,41)27(39)20(25(22)37)28(32)40/h3-8,13,18,21-22,24,34-36,39,41H,9-10H2,1-2H3,(H2,32,40)/t13-,18?,21?,22-,24?,29-/m0/s1. The Hall–Kier alpha value is -3.06. The van der Waals surface area contributed by atoms with E-state index >= 15 is 0 Å². The van der Waals surface area contributed by atoms with Crippen molar-refractivity contribution >= 4 is 58.2 Å². The van der Waals surface area contributed by atoms with E-state index in [0.29, 0.717) is 21.4 Å². The van der Waals surface area contributed by atoms with Crippen molar-refractivity contribution in [2.75, 3.05) is 19.8 Å². The van der Waals surface area contributed by atoms with Gasteiger partial charge in [0.1, 0.15) is 22.8 Å². The van der Waals surface area contributed by atoms with Gasteiger partial charge in [0.05, 0.1) is 33.7 Å². The van der Waals surface area contributed by atoms with Gasteiger partial charge in [-0.2, -0.15) is 11.8 Å². The van der Waals surface area contributed by atoms with E-state index in [9.17, 15) is 39.9 Å². The molecule has 6 atom stereocenters. The van der Waals surface area contributed by atoms with E-state index in [2.05, 4.69) is 0 Å². The van der Waals surface area contributed by atoms with Crippen LogP contribution in [0.1, 0.15) is 22.6 Å². The SMILES string of the molecule is CN(C)[C@@H]1C(=O)C(C(N)=O)=C(O)[C@@]2(O)C(=O)C3=C(O)c4c(O)cccc4[C@H](CSCc4ccc(Cl)c(Cl)c4)C3C(O)C12. The quantitative estimate of drug-likeness (QED) is 0.258. The number of nitrogens with zero attached hydrogens (tertiary/aromatic N) is 1. The van der Waals surface area contributed by atoms with Gasteiger partial charge in [0, 0.05) is 28.9 Å². The lowest BCUT2D eigenvalue weighted by Gasteiger charge is -2.54. The fourth-order valence-electron chi connectivity index (χ4n) is 6.53. The number of amides is 1. The number of rotatable bonds is 6. The predicted octanol–water partition coefficient (Wildman–Crippen LogP) is 2.72. The lowest BCUT2D eigenvalue weighted by atomic mass is 9.54. The van der Waals surface area contributed by atoms with Crippen LogP contribution in [0.2, 0.25) is 10.0 Å². The Morgan fingerprint density at radius 2 is 1.79 bits per heavy atom. The van der Waals surface area contributed by atoms with Crippen molar-refractivity contribution in [2.24, 2.45) is 17.6 Å². The van der Waals surface area contributed by atoms with Crippen molar-refractivity contribution in [2.45, 2.75) is 29.4 Å². The number of fused-ring (bicyclic) bond motifs is 3. The van der Waals surface area contributed by atoms with E-state index in [0.717, 1.165) is 5.56 Å². The van der Waals surface area contributed by atoms with Crippen molar-refractivity contribution in [1.82, 2.24) is 4.90 Å². The van der Waals surface area contributed by atoms with E-state index in [-0.39, 0.29) is 17.1 Å². The molecule has 2 aromatic rings. The van der Waals surface area contributed by atoms with Gasteiger partial charge in [-0.1, -0.05) is 41.4 Å². The Kier molecular flexibility index (Phi) is 7.88. The van der Waals surface area contributed by atoms with Gasteiger partial charge in [0.15, 0.2) is 11.4 Å². The van der Waals surface area contributed by atoms with Crippen molar-refractivity contribution in [1.29, 1.82) is 0 Å². The number of likely N-dealkylation sites (N-methyl/N-ethyl adjacent to an activating group) is 1. The van der Waals surface area contributed by atoms with E-state index < -0.39 is 75.6 Å². The first-order chi connectivity index (χ1) is 19.7. The second kappa shape index (κ2) is 10.9. The zero-order chi connectivity index (χ0) is 30.8. The predicted molar refractivity (Wildman–Crippen MR) is 157 cm³/mol. The Morgan fingerprint density at radius 3 is 2.40 bits per heavy atom. The van der Waals surface area contributed by atoms with Crippen LogP contribution in [0.5, 0.6) is 5.75 Å². The number of carbonyl (C=O) groups excluding carboxylic acids is 3. The number of phenolic OH excluding ortho intramolecular Hbond substituents is 1.